The van der Waals surface area contributed by atoms with E-state index in [0.717, 1.165) is 22.1 Å². The van der Waals surface area contributed by atoms with Gasteiger partial charge in [0.15, 0.2) is 0 Å². The van der Waals surface area contributed by atoms with Crippen molar-refractivity contribution in [2.75, 3.05) is 0 Å². The number of hydrogen-bond acceptors (Lipinski definition) is 3. The molecule has 0 amide bonds. The highest BCUT2D eigenvalue weighted by Gasteiger charge is 2.13. The fourth-order valence-corrected chi connectivity index (χ4v) is 3.48. The first-order valence-corrected chi connectivity index (χ1v) is 9.48. The van der Waals surface area contributed by atoms with Crippen LogP contribution in [0.2, 0.25) is 10.0 Å². The Morgan fingerprint density at radius 3 is 2.46 bits per heavy atom. The van der Waals surface area contributed by atoms with Crippen molar-refractivity contribution in [3.8, 4) is 16.9 Å². The van der Waals surface area contributed by atoms with E-state index in [2.05, 4.69) is 0 Å². The number of aryl methyl sites for hydroxylation is 1. The van der Waals surface area contributed by atoms with Gasteiger partial charge in [-0.2, -0.15) is 0 Å². The summed E-state index contributed by atoms with van der Waals surface area (Å²) < 4.78 is 11.4. The second kappa shape index (κ2) is 7.70. The maximum absolute atomic E-state index is 12.6. The highest BCUT2D eigenvalue weighted by Crippen LogP contribution is 2.29. The smallest absolute Gasteiger partial charge is 0.344 e. The summed E-state index contributed by atoms with van der Waals surface area (Å²) in [6.07, 6.45) is 0. The van der Waals surface area contributed by atoms with E-state index >= 15 is 0 Å². The molecule has 140 valence electrons. The zero-order valence-corrected chi connectivity index (χ0v) is 16.6. The average Bonchev–Trinajstić information content (AvgIpc) is 2.69. The average molecular weight is 411 g/mol. The molecular weight excluding hydrogens is 395 g/mol. The van der Waals surface area contributed by atoms with Crippen LogP contribution in [0.3, 0.4) is 0 Å². The molecule has 1 heterocycles. The Bertz CT molecular complexity index is 1210. The fourth-order valence-electron chi connectivity index (χ4n) is 3.16. The van der Waals surface area contributed by atoms with Crippen molar-refractivity contribution in [3.63, 3.8) is 0 Å². The van der Waals surface area contributed by atoms with E-state index in [1.54, 1.807) is 18.2 Å². The van der Waals surface area contributed by atoms with Gasteiger partial charge in [-0.25, -0.2) is 4.79 Å². The van der Waals surface area contributed by atoms with Gasteiger partial charge < -0.3 is 9.15 Å². The molecule has 4 rings (SSSR count). The predicted octanol–water partition coefficient (Wildman–Crippen LogP) is 6.65. The Labute approximate surface area is 172 Å². The third kappa shape index (κ3) is 3.64. The molecule has 4 aromatic rings. The van der Waals surface area contributed by atoms with Gasteiger partial charge in [-0.15, -0.1) is 0 Å². The molecule has 0 N–H and O–H groups in total. The zero-order chi connectivity index (χ0) is 19.7. The molecular formula is C23H16Cl2O3. The van der Waals surface area contributed by atoms with Crippen LogP contribution in [-0.2, 0) is 6.61 Å². The van der Waals surface area contributed by atoms with E-state index in [-0.39, 0.29) is 5.63 Å². The maximum atomic E-state index is 12.6. The van der Waals surface area contributed by atoms with Gasteiger partial charge in [-0.05, 0) is 47.9 Å². The quantitative estimate of drug-likeness (QED) is 0.353. The molecule has 0 aliphatic heterocycles. The molecule has 0 spiro atoms. The lowest BCUT2D eigenvalue weighted by Crippen LogP contribution is -2.06. The molecule has 0 unspecified atom stereocenters. The standard InChI is InChI=1S/C23H16Cl2O3/c1-14-18-9-8-17(27-13-15-7-10-19(24)20(25)11-15)12-21(18)28-23(26)22(14)16-5-3-2-4-6-16/h2-12H,13H2,1H3. The van der Waals surface area contributed by atoms with E-state index < -0.39 is 0 Å². The van der Waals surface area contributed by atoms with Crippen LogP contribution in [0.4, 0.5) is 0 Å². The summed E-state index contributed by atoms with van der Waals surface area (Å²) in [4.78, 5) is 12.6. The van der Waals surface area contributed by atoms with Crippen LogP contribution in [0, 0.1) is 6.92 Å². The molecule has 0 radical (unpaired) electrons. The van der Waals surface area contributed by atoms with Gasteiger partial charge in [0.2, 0.25) is 0 Å². The summed E-state index contributed by atoms with van der Waals surface area (Å²) in [7, 11) is 0. The summed E-state index contributed by atoms with van der Waals surface area (Å²) in [6, 6.07) is 20.4. The summed E-state index contributed by atoms with van der Waals surface area (Å²) in [5.41, 5.74) is 3.33. The van der Waals surface area contributed by atoms with Crippen molar-refractivity contribution in [3.05, 3.63) is 98.3 Å². The molecule has 3 aromatic carbocycles. The Hall–Kier alpha value is -2.75. The minimum atomic E-state index is -0.363. The third-order valence-corrected chi connectivity index (χ3v) is 5.33. The molecule has 0 fully saturated rings. The first-order valence-electron chi connectivity index (χ1n) is 8.72. The van der Waals surface area contributed by atoms with E-state index in [1.165, 1.54) is 0 Å². The molecule has 0 bridgehead atoms. The molecule has 3 nitrogen and oxygen atoms in total. The molecule has 0 saturated carbocycles. The van der Waals surface area contributed by atoms with Crippen LogP contribution in [-0.4, -0.2) is 0 Å². The monoisotopic (exact) mass is 410 g/mol. The minimum absolute atomic E-state index is 0.327. The van der Waals surface area contributed by atoms with Crippen LogP contribution in [0.25, 0.3) is 22.1 Å². The minimum Gasteiger partial charge on any atom is -0.489 e. The zero-order valence-electron chi connectivity index (χ0n) is 15.0. The Balaban J connectivity index is 1.66. The molecule has 1 aromatic heterocycles. The third-order valence-electron chi connectivity index (χ3n) is 4.59. The van der Waals surface area contributed by atoms with Crippen LogP contribution < -0.4 is 10.4 Å². The second-order valence-electron chi connectivity index (χ2n) is 6.45. The van der Waals surface area contributed by atoms with E-state index in [9.17, 15) is 4.79 Å². The largest absolute Gasteiger partial charge is 0.489 e. The number of fused-ring (bicyclic) bond motifs is 1. The first-order chi connectivity index (χ1) is 13.5. The predicted molar refractivity (Wildman–Crippen MR) is 113 cm³/mol. The van der Waals surface area contributed by atoms with Crippen LogP contribution in [0.1, 0.15) is 11.1 Å². The van der Waals surface area contributed by atoms with Gasteiger partial charge >= 0.3 is 5.63 Å². The van der Waals surface area contributed by atoms with Crippen LogP contribution >= 0.6 is 23.2 Å². The fraction of sp³-hybridized carbons (Fsp3) is 0.0870. The van der Waals surface area contributed by atoms with Crippen LogP contribution in [0.5, 0.6) is 5.75 Å². The SMILES string of the molecule is Cc1c(-c2ccccc2)c(=O)oc2cc(OCc3ccc(Cl)c(Cl)c3)ccc12. The van der Waals surface area contributed by atoms with Crippen molar-refractivity contribution < 1.29 is 9.15 Å². The Morgan fingerprint density at radius 1 is 0.929 bits per heavy atom. The van der Waals surface area contributed by atoms with E-state index in [4.69, 9.17) is 32.4 Å². The first kappa shape index (κ1) is 18.6. The van der Waals surface area contributed by atoms with Crippen molar-refractivity contribution in [2.24, 2.45) is 0 Å². The van der Waals surface area contributed by atoms with Gasteiger partial charge in [0.05, 0.1) is 15.6 Å². The van der Waals surface area contributed by atoms with Gasteiger partial charge in [0.1, 0.15) is 17.9 Å². The molecule has 28 heavy (non-hydrogen) atoms. The lowest BCUT2D eigenvalue weighted by atomic mass is 10.00. The Kier molecular flexibility index (Phi) is 5.12. The highest BCUT2D eigenvalue weighted by atomic mass is 35.5. The van der Waals surface area contributed by atoms with E-state index in [0.29, 0.717) is 33.5 Å². The van der Waals surface area contributed by atoms with Crippen molar-refractivity contribution in [1.29, 1.82) is 0 Å². The number of benzene rings is 3. The molecule has 0 aliphatic carbocycles. The van der Waals surface area contributed by atoms with Crippen LogP contribution in [0.15, 0.2) is 75.9 Å². The summed E-state index contributed by atoms with van der Waals surface area (Å²) >= 11 is 12.0. The lowest BCUT2D eigenvalue weighted by molar-refractivity contribution is 0.306. The number of halogens is 2. The lowest BCUT2D eigenvalue weighted by Gasteiger charge is -2.11. The van der Waals surface area contributed by atoms with Crippen molar-refractivity contribution in [1.82, 2.24) is 0 Å². The van der Waals surface area contributed by atoms with Gasteiger partial charge in [-0.1, -0.05) is 59.6 Å². The van der Waals surface area contributed by atoms with Gasteiger partial charge in [-0.3, -0.25) is 0 Å². The van der Waals surface area contributed by atoms with Crippen molar-refractivity contribution >= 4 is 34.2 Å². The van der Waals surface area contributed by atoms with E-state index in [1.807, 2.05) is 55.5 Å². The topological polar surface area (TPSA) is 39.4 Å². The highest BCUT2D eigenvalue weighted by molar-refractivity contribution is 6.42. The molecule has 0 saturated heterocycles. The number of ether oxygens (including phenoxy) is 1. The molecule has 5 heteroatoms. The summed E-state index contributed by atoms with van der Waals surface area (Å²) in [5, 5.41) is 1.86. The van der Waals surface area contributed by atoms with Crippen molar-refractivity contribution in [2.45, 2.75) is 13.5 Å². The Morgan fingerprint density at radius 2 is 1.71 bits per heavy atom. The summed E-state index contributed by atoms with van der Waals surface area (Å²) in [5.74, 6) is 0.605. The maximum Gasteiger partial charge on any atom is 0.344 e. The van der Waals surface area contributed by atoms with Gasteiger partial charge in [0, 0.05) is 11.5 Å². The number of rotatable bonds is 4. The normalized spacial score (nSPS) is 11.0. The van der Waals surface area contributed by atoms with Gasteiger partial charge in [0.25, 0.3) is 0 Å². The second-order valence-corrected chi connectivity index (χ2v) is 7.27. The molecule has 0 atom stereocenters. The number of hydrogen-bond donors (Lipinski definition) is 0. The molecule has 0 aliphatic rings. The summed E-state index contributed by atoms with van der Waals surface area (Å²) in [6.45, 7) is 2.26.